The van der Waals surface area contributed by atoms with Gasteiger partial charge in [0.05, 0.1) is 12.6 Å². The zero-order valence-corrected chi connectivity index (χ0v) is 17.1. The van der Waals surface area contributed by atoms with E-state index in [1.54, 1.807) is 6.92 Å². The van der Waals surface area contributed by atoms with Gasteiger partial charge in [-0.05, 0) is 56.1 Å². The number of aliphatic hydroxyl groups is 1. The largest absolute Gasteiger partial charge is 0.460 e. The number of hydrogen-bond acceptors (Lipinski definition) is 4. The third-order valence-corrected chi connectivity index (χ3v) is 5.74. The lowest BCUT2D eigenvalue weighted by atomic mass is 10.0. The summed E-state index contributed by atoms with van der Waals surface area (Å²) >= 11 is 0. The molecule has 29 heavy (non-hydrogen) atoms. The molecule has 2 heterocycles. The molecule has 0 amide bonds. The van der Waals surface area contributed by atoms with Crippen LogP contribution in [0.5, 0.6) is 0 Å². The van der Waals surface area contributed by atoms with Crippen molar-refractivity contribution in [3.05, 3.63) is 83.6 Å². The van der Waals surface area contributed by atoms with Crippen LogP contribution < -0.4 is 5.32 Å². The summed E-state index contributed by atoms with van der Waals surface area (Å²) in [6, 6.07) is 23.2. The smallest absolute Gasteiger partial charge is 0.134 e. The number of nitrogens with zero attached hydrogens (tertiary/aromatic N) is 1. The van der Waals surface area contributed by atoms with Crippen LogP contribution in [0.15, 0.2) is 71.1 Å². The second-order valence-corrected chi connectivity index (χ2v) is 7.98. The van der Waals surface area contributed by atoms with Crippen LogP contribution >= 0.6 is 0 Å². The number of furan rings is 1. The molecule has 2 N–H and O–H groups in total. The van der Waals surface area contributed by atoms with Gasteiger partial charge in [-0.2, -0.15) is 0 Å². The molecule has 1 aromatic heterocycles. The van der Waals surface area contributed by atoms with E-state index in [0.717, 1.165) is 48.8 Å². The Morgan fingerprint density at radius 3 is 2.41 bits per heavy atom. The third kappa shape index (κ3) is 5.36. The van der Waals surface area contributed by atoms with E-state index in [1.807, 2.05) is 30.3 Å². The molecule has 1 aliphatic rings. The van der Waals surface area contributed by atoms with E-state index in [-0.39, 0.29) is 0 Å². The van der Waals surface area contributed by atoms with E-state index < -0.39 is 6.10 Å². The average Bonchev–Trinajstić information content (AvgIpc) is 3.23. The highest BCUT2D eigenvalue weighted by Crippen LogP contribution is 2.24. The number of rotatable bonds is 7. The fraction of sp³-hybridized carbons (Fsp3) is 0.360. The Morgan fingerprint density at radius 2 is 1.72 bits per heavy atom. The van der Waals surface area contributed by atoms with Crippen LogP contribution in [0, 0.1) is 0 Å². The van der Waals surface area contributed by atoms with E-state index >= 15 is 0 Å². The number of piperidine rings is 1. The van der Waals surface area contributed by atoms with Gasteiger partial charge in [-0.15, -0.1) is 0 Å². The molecule has 4 heteroatoms. The molecular formula is C25H30N2O2. The molecule has 4 rings (SSSR count). The lowest BCUT2D eigenvalue weighted by Crippen LogP contribution is -2.41. The minimum absolute atomic E-state index is 0.445. The second-order valence-electron chi connectivity index (χ2n) is 7.98. The van der Waals surface area contributed by atoms with Gasteiger partial charge >= 0.3 is 0 Å². The summed E-state index contributed by atoms with van der Waals surface area (Å²) in [5.74, 6) is 1.84. The summed E-state index contributed by atoms with van der Waals surface area (Å²) < 4.78 is 6.03. The van der Waals surface area contributed by atoms with Crippen molar-refractivity contribution >= 4 is 0 Å². The normalized spacial score (nSPS) is 16.8. The quantitative estimate of drug-likeness (QED) is 0.611. The van der Waals surface area contributed by atoms with Crippen LogP contribution in [0.4, 0.5) is 0 Å². The predicted octanol–water partition coefficient (Wildman–Crippen LogP) is 4.75. The average molecular weight is 391 g/mol. The topological polar surface area (TPSA) is 48.6 Å². The lowest BCUT2D eigenvalue weighted by Gasteiger charge is -2.32. The molecule has 2 aromatic carbocycles. The zero-order chi connectivity index (χ0) is 20.1. The molecule has 4 nitrogen and oxygen atoms in total. The molecule has 0 radical (unpaired) electrons. The molecule has 1 saturated heterocycles. The van der Waals surface area contributed by atoms with Crippen molar-refractivity contribution in [1.82, 2.24) is 10.2 Å². The Hall–Kier alpha value is -2.40. The standard InChI is InChI=1S/C25H30N2O2/c1-19(28)21-7-9-22(10-8-21)25-12-11-24(29-25)17-26-23-13-15-27(16-14-23)18-20-5-3-2-4-6-20/h2-12,19,23,26,28H,13-18H2,1H3. The lowest BCUT2D eigenvalue weighted by molar-refractivity contribution is 0.189. The van der Waals surface area contributed by atoms with E-state index in [9.17, 15) is 5.11 Å². The van der Waals surface area contributed by atoms with E-state index in [1.165, 1.54) is 18.4 Å². The predicted molar refractivity (Wildman–Crippen MR) is 116 cm³/mol. The first-order chi connectivity index (χ1) is 14.2. The number of nitrogens with one attached hydrogen (secondary N) is 1. The summed E-state index contributed by atoms with van der Waals surface area (Å²) in [6.07, 6.45) is 1.89. The fourth-order valence-electron chi connectivity index (χ4n) is 3.94. The van der Waals surface area contributed by atoms with Crippen LogP contribution in [-0.4, -0.2) is 29.1 Å². The second kappa shape index (κ2) is 9.40. The van der Waals surface area contributed by atoms with Crippen molar-refractivity contribution < 1.29 is 9.52 Å². The van der Waals surface area contributed by atoms with Crippen LogP contribution in [0.1, 0.15) is 42.8 Å². The highest BCUT2D eigenvalue weighted by Gasteiger charge is 2.19. The van der Waals surface area contributed by atoms with Gasteiger partial charge in [0.25, 0.3) is 0 Å². The maximum Gasteiger partial charge on any atom is 0.134 e. The molecule has 0 spiro atoms. The monoisotopic (exact) mass is 390 g/mol. The van der Waals surface area contributed by atoms with E-state index in [2.05, 4.69) is 46.6 Å². The van der Waals surface area contributed by atoms with Crippen molar-refractivity contribution in [3.63, 3.8) is 0 Å². The maximum atomic E-state index is 9.64. The molecule has 0 saturated carbocycles. The van der Waals surface area contributed by atoms with E-state index in [4.69, 9.17) is 4.42 Å². The van der Waals surface area contributed by atoms with Crippen molar-refractivity contribution in [3.8, 4) is 11.3 Å². The van der Waals surface area contributed by atoms with Crippen LogP contribution in [0.25, 0.3) is 11.3 Å². The number of hydrogen-bond donors (Lipinski definition) is 2. The van der Waals surface area contributed by atoms with Gasteiger partial charge in [0.2, 0.25) is 0 Å². The Morgan fingerprint density at radius 1 is 1.00 bits per heavy atom. The number of likely N-dealkylation sites (tertiary alicyclic amines) is 1. The first-order valence-corrected chi connectivity index (χ1v) is 10.5. The van der Waals surface area contributed by atoms with Crippen molar-refractivity contribution in [1.29, 1.82) is 0 Å². The Balaban J connectivity index is 1.24. The van der Waals surface area contributed by atoms with Crippen molar-refractivity contribution in [2.75, 3.05) is 13.1 Å². The molecule has 1 atom stereocenters. The summed E-state index contributed by atoms with van der Waals surface area (Å²) in [5.41, 5.74) is 3.35. The molecule has 1 unspecified atom stereocenters. The molecule has 1 aliphatic heterocycles. The summed E-state index contributed by atoms with van der Waals surface area (Å²) in [6.45, 7) is 5.84. The summed E-state index contributed by atoms with van der Waals surface area (Å²) in [4.78, 5) is 2.54. The highest BCUT2D eigenvalue weighted by molar-refractivity contribution is 5.58. The Kier molecular flexibility index (Phi) is 6.45. The zero-order valence-electron chi connectivity index (χ0n) is 17.1. The highest BCUT2D eigenvalue weighted by atomic mass is 16.3. The molecule has 152 valence electrons. The Bertz CT molecular complexity index is 879. The van der Waals surface area contributed by atoms with Gasteiger partial charge in [0, 0.05) is 18.2 Å². The molecular weight excluding hydrogens is 360 g/mol. The van der Waals surface area contributed by atoms with Crippen molar-refractivity contribution in [2.45, 2.75) is 45.0 Å². The Labute approximate surface area is 173 Å². The maximum absolute atomic E-state index is 9.64. The van der Waals surface area contributed by atoms with Crippen molar-refractivity contribution in [2.24, 2.45) is 0 Å². The first-order valence-electron chi connectivity index (χ1n) is 10.5. The van der Waals surface area contributed by atoms with Crippen LogP contribution in [0.2, 0.25) is 0 Å². The molecule has 1 fully saturated rings. The van der Waals surface area contributed by atoms with Crippen LogP contribution in [0.3, 0.4) is 0 Å². The fourth-order valence-corrected chi connectivity index (χ4v) is 3.94. The SMILES string of the molecule is CC(O)c1ccc(-c2ccc(CNC3CCN(Cc4ccccc4)CC3)o2)cc1. The number of aliphatic hydroxyl groups excluding tert-OH is 1. The third-order valence-electron chi connectivity index (χ3n) is 5.74. The minimum atomic E-state index is -0.445. The minimum Gasteiger partial charge on any atom is -0.460 e. The van der Waals surface area contributed by atoms with Gasteiger partial charge in [0.15, 0.2) is 0 Å². The van der Waals surface area contributed by atoms with Gasteiger partial charge in [0.1, 0.15) is 11.5 Å². The summed E-state index contributed by atoms with van der Waals surface area (Å²) in [5, 5.41) is 13.3. The molecule has 0 aliphatic carbocycles. The van der Waals surface area contributed by atoms with Gasteiger partial charge in [-0.3, -0.25) is 4.90 Å². The molecule has 3 aromatic rings. The van der Waals surface area contributed by atoms with Crippen LogP contribution in [-0.2, 0) is 13.1 Å². The van der Waals surface area contributed by atoms with Gasteiger partial charge in [-0.25, -0.2) is 0 Å². The van der Waals surface area contributed by atoms with E-state index in [0.29, 0.717) is 6.04 Å². The first kappa shape index (κ1) is 19.9. The van der Waals surface area contributed by atoms with Gasteiger partial charge in [-0.1, -0.05) is 54.6 Å². The summed E-state index contributed by atoms with van der Waals surface area (Å²) in [7, 11) is 0. The number of benzene rings is 2. The molecule has 0 bridgehead atoms. The van der Waals surface area contributed by atoms with Gasteiger partial charge < -0.3 is 14.8 Å².